The van der Waals surface area contributed by atoms with Crippen molar-refractivity contribution in [2.24, 2.45) is 11.7 Å². The lowest BCUT2D eigenvalue weighted by Crippen LogP contribution is -2.39. The van der Waals surface area contributed by atoms with Crippen molar-refractivity contribution in [3.8, 4) is 11.1 Å². The highest BCUT2D eigenvalue weighted by Crippen LogP contribution is 2.37. The summed E-state index contributed by atoms with van der Waals surface area (Å²) in [6.07, 6.45) is 5.72. The van der Waals surface area contributed by atoms with E-state index in [0.717, 1.165) is 51.7 Å². The minimum absolute atomic E-state index is 0.312. The molecular formula is C23H28N2O. The van der Waals surface area contributed by atoms with Gasteiger partial charge in [-0.05, 0) is 72.4 Å². The zero-order chi connectivity index (χ0) is 17.9. The Bertz CT molecular complexity index is 791. The molecule has 0 saturated carbocycles. The number of benzene rings is 2. The quantitative estimate of drug-likeness (QED) is 0.763. The van der Waals surface area contributed by atoms with Gasteiger partial charge in [0.1, 0.15) is 0 Å². The van der Waals surface area contributed by atoms with E-state index in [1.165, 1.54) is 27.8 Å². The summed E-state index contributed by atoms with van der Waals surface area (Å²) in [6, 6.07) is 15.5. The molecular weight excluding hydrogens is 320 g/mol. The molecule has 2 N–H and O–H groups in total. The van der Waals surface area contributed by atoms with Gasteiger partial charge in [-0.3, -0.25) is 4.79 Å². The highest BCUT2D eigenvalue weighted by molar-refractivity contribution is 5.77. The van der Waals surface area contributed by atoms with Gasteiger partial charge in [-0.1, -0.05) is 42.5 Å². The van der Waals surface area contributed by atoms with Crippen LogP contribution >= 0.6 is 0 Å². The minimum Gasteiger partial charge on any atom is -0.343 e. The monoisotopic (exact) mass is 348 g/mol. The zero-order valence-corrected chi connectivity index (χ0v) is 15.4. The number of aryl methyl sites for hydroxylation is 1. The molecule has 2 aromatic rings. The fraction of sp³-hybridized carbons (Fsp3) is 0.435. The van der Waals surface area contributed by atoms with Crippen molar-refractivity contribution in [2.45, 2.75) is 38.5 Å². The van der Waals surface area contributed by atoms with E-state index >= 15 is 0 Å². The fourth-order valence-corrected chi connectivity index (χ4v) is 4.35. The molecule has 0 aromatic heterocycles. The average Bonchev–Trinajstić information content (AvgIpc) is 3.06. The minimum atomic E-state index is 0.312. The van der Waals surface area contributed by atoms with Crippen molar-refractivity contribution in [1.82, 2.24) is 4.90 Å². The van der Waals surface area contributed by atoms with E-state index in [-0.39, 0.29) is 0 Å². The molecule has 1 aliphatic carbocycles. The fourth-order valence-electron chi connectivity index (χ4n) is 4.35. The molecule has 3 heteroatoms. The number of likely N-dealkylation sites (tertiary alicyclic amines) is 1. The highest BCUT2D eigenvalue weighted by atomic mass is 16.2. The lowest BCUT2D eigenvalue weighted by Gasteiger charge is -2.31. The molecule has 2 aliphatic rings. The van der Waals surface area contributed by atoms with Gasteiger partial charge < -0.3 is 10.6 Å². The number of nitrogens with two attached hydrogens (primary N) is 1. The summed E-state index contributed by atoms with van der Waals surface area (Å²) >= 11 is 0. The van der Waals surface area contributed by atoms with Crippen LogP contribution in [0.4, 0.5) is 0 Å². The molecule has 0 unspecified atom stereocenters. The first-order valence-electron chi connectivity index (χ1n) is 9.92. The van der Waals surface area contributed by atoms with Gasteiger partial charge in [0.2, 0.25) is 5.91 Å². The number of carbonyl (C=O) groups is 1. The molecule has 1 amide bonds. The molecule has 3 nitrogen and oxygen atoms in total. The second kappa shape index (κ2) is 7.63. The first kappa shape index (κ1) is 17.3. The third kappa shape index (κ3) is 3.54. The Morgan fingerprint density at radius 2 is 1.81 bits per heavy atom. The van der Waals surface area contributed by atoms with Crippen LogP contribution in [-0.4, -0.2) is 30.4 Å². The number of hydrogen-bond donors (Lipinski definition) is 1. The van der Waals surface area contributed by atoms with Crippen molar-refractivity contribution in [2.75, 3.05) is 19.6 Å². The first-order valence-corrected chi connectivity index (χ1v) is 9.92. The standard InChI is InChI=1S/C23H28N2O/c24-16-18-10-12-25(13-11-18)23(26)7-3-4-17-8-9-20-15-19-5-1-2-6-21(19)22(20)14-17/h1-2,5-6,8-9,14,18H,3-4,7,10-13,15-16,24H2. The van der Waals surface area contributed by atoms with E-state index in [9.17, 15) is 4.79 Å². The van der Waals surface area contributed by atoms with Crippen LogP contribution in [0.1, 0.15) is 42.4 Å². The van der Waals surface area contributed by atoms with Gasteiger partial charge in [-0.15, -0.1) is 0 Å². The summed E-state index contributed by atoms with van der Waals surface area (Å²) in [7, 11) is 0. The maximum atomic E-state index is 12.4. The average molecular weight is 348 g/mol. The van der Waals surface area contributed by atoms with Crippen molar-refractivity contribution < 1.29 is 4.79 Å². The summed E-state index contributed by atoms with van der Waals surface area (Å²) in [5, 5.41) is 0. The molecule has 1 fully saturated rings. The van der Waals surface area contributed by atoms with Crippen LogP contribution < -0.4 is 5.73 Å². The maximum Gasteiger partial charge on any atom is 0.222 e. The van der Waals surface area contributed by atoms with Gasteiger partial charge in [0.25, 0.3) is 0 Å². The van der Waals surface area contributed by atoms with Crippen molar-refractivity contribution in [1.29, 1.82) is 0 Å². The van der Waals surface area contributed by atoms with Gasteiger partial charge in [-0.25, -0.2) is 0 Å². The summed E-state index contributed by atoms with van der Waals surface area (Å²) in [4.78, 5) is 14.5. The van der Waals surface area contributed by atoms with E-state index < -0.39 is 0 Å². The Balaban J connectivity index is 1.32. The van der Waals surface area contributed by atoms with E-state index in [2.05, 4.69) is 42.5 Å². The van der Waals surface area contributed by atoms with Crippen LogP contribution in [0.5, 0.6) is 0 Å². The van der Waals surface area contributed by atoms with Crippen LogP contribution in [0.2, 0.25) is 0 Å². The number of piperidine rings is 1. The van der Waals surface area contributed by atoms with E-state index in [0.29, 0.717) is 18.2 Å². The van der Waals surface area contributed by atoms with E-state index in [1.807, 2.05) is 4.90 Å². The highest BCUT2D eigenvalue weighted by Gasteiger charge is 2.22. The number of amides is 1. The predicted octanol–water partition coefficient (Wildman–Crippen LogP) is 3.78. The Morgan fingerprint density at radius 3 is 2.62 bits per heavy atom. The van der Waals surface area contributed by atoms with Gasteiger partial charge >= 0.3 is 0 Å². The van der Waals surface area contributed by atoms with Gasteiger partial charge in [0, 0.05) is 19.5 Å². The molecule has 0 spiro atoms. The van der Waals surface area contributed by atoms with Crippen LogP contribution in [0.3, 0.4) is 0 Å². The first-order chi connectivity index (χ1) is 12.7. The second-order valence-electron chi connectivity index (χ2n) is 7.74. The Labute approximate surface area is 156 Å². The smallest absolute Gasteiger partial charge is 0.222 e. The molecule has 0 bridgehead atoms. The molecule has 2 aromatic carbocycles. The van der Waals surface area contributed by atoms with Gasteiger partial charge in [-0.2, -0.15) is 0 Å². The number of fused-ring (bicyclic) bond motifs is 3. The predicted molar refractivity (Wildman–Crippen MR) is 106 cm³/mol. The largest absolute Gasteiger partial charge is 0.343 e. The zero-order valence-electron chi connectivity index (χ0n) is 15.4. The number of rotatable bonds is 5. The number of carbonyl (C=O) groups excluding carboxylic acids is 1. The van der Waals surface area contributed by atoms with Crippen molar-refractivity contribution in [3.05, 3.63) is 59.2 Å². The summed E-state index contributed by atoms with van der Waals surface area (Å²) in [6.45, 7) is 2.52. The summed E-state index contributed by atoms with van der Waals surface area (Å²) in [5.41, 5.74) is 12.7. The van der Waals surface area contributed by atoms with Crippen molar-refractivity contribution >= 4 is 5.91 Å². The van der Waals surface area contributed by atoms with Crippen LogP contribution in [-0.2, 0) is 17.6 Å². The van der Waals surface area contributed by atoms with Gasteiger partial charge in [0.15, 0.2) is 0 Å². The Morgan fingerprint density at radius 1 is 1.04 bits per heavy atom. The number of nitrogens with zero attached hydrogens (tertiary/aromatic N) is 1. The van der Waals surface area contributed by atoms with E-state index in [1.54, 1.807) is 0 Å². The summed E-state index contributed by atoms with van der Waals surface area (Å²) < 4.78 is 0. The molecule has 0 radical (unpaired) electrons. The Hall–Kier alpha value is -2.13. The second-order valence-corrected chi connectivity index (χ2v) is 7.74. The summed E-state index contributed by atoms with van der Waals surface area (Å²) in [5.74, 6) is 0.917. The molecule has 1 saturated heterocycles. The van der Waals surface area contributed by atoms with E-state index in [4.69, 9.17) is 5.73 Å². The maximum absolute atomic E-state index is 12.4. The van der Waals surface area contributed by atoms with Crippen LogP contribution in [0, 0.1) is 5.92 Å². The van der Waals surface area contributed by atoms with Crippen LogP contribution in [0.25, 0.3) is 11.1 Å². The van der Waals surface area contributed by atoms with Crippen molar-refractivity contribution in [3.63, 3.8) is 0 Å². The number of hydrogen-bond acceptors (Lipinski definition) is 2. The van der Waals surface area contributed by atoms with Crippen LogP contribution in [0.15, 0.2) is 42.5 Å². The molecule has 26 heavy (non-hydrogen) atoms. The Kier molecular flexibility index (Phi) is 5.07. The normalized spacial score (nSPS) is 16.4. The molecule has 1 heterocycles. The SMILES string of the molecule is NCC1CCN(C(=O)CCCc2ccc3c(c2)-c2ccccc2C3)CC1. The molecule has 136 valence electrons. The molecule has 1 aliphatic heterocycles. The third-order valence-corrected chi connectivity index (χ3v) is 6.02. The lowest BCUT2D eigenvalue weighted by molar-refractivity contribution is -0.132. The van der Waals surface area contributed by atoms with Gasteiger partial charge in [0.05, 0.1) is 0 Å². The third-order valence-electron chi connectivity index (χ3n) is 6.02. The molecule has 0 atom stereocenters. The molecule has 4 rings (SSSR count). The topological polar surface area (TPSA) is 46.3 Å². The lowest BCUT2D eigenvalue weighted by atomic mass is 9.96.